The zero-order valence-electron chi connectivity index (χ0n) is 14.0. The molecule has 2 aliphatic rings. The number of halogens is 2. The van der Waals surface area contributed by atoms with E-state index >= 15 is 0 Å². The van der Waals surface area contributed by atoms with E-state index in [-0.39, 0.29) is 18.3 Å². The number of nitrogens with zero attached hydrogens (tertiary/aromatic N) is 3. The summed E-state index contributed by atoms with van der Waals surface area (Å²) in [6.07, 6.45) is -1.48. The first-order valence-corrected chi connectivity index (χ1v) is 8.61. The van der Waals surface area contributed by atoms with Crippen LogP contribution in [0.1, 0.15) is 53.1 Å². The lowest BCUT2D eigenvalue weighted by atomic mass is 10.1. The van der Waals surface area contributed by atoms with Crippen molar-refractivity contribution >= 4 is 5.91 Å². The predicted octanol–water partition coefficient (Wildman–Crippen LogP) is 2.00. The number of aromatic nitrogens is 3. The van der Waals surface area contributed by atoms with Gasteiger partial charge in [0, 0.05) is 5.56 Å². The molecule has 0 saturated carbocycles. The molecule has 1 aromatic heterocycles. The highest BCUT2D eigenvalue weighted by Crippen LogP contribution is 2.33. The summed E-state index contributed by atoms with van der Waals surface area (Å²) in [4.78, 5) is 12.6. The number of hydrogen-bond donors (Lipinski definition) is 2. The van der Waals surface area contributed by atoms with Crippen LogP contribution in [0, 0.1) is 0 Å². The Morgan fingerprint density at radius 3 is 2.85 bits per heavy atom. The van der Waals surface area contributed by atoms with Crippen LogP contribution in [0.4, 0.5) is 8.78 Å². The van der Waals surface area contributed by atoms with Crippen molar-refractivity contribution in [3.05, 3.63) is 41.2 Å². The van der Waals surface area contributed by atoms with E-state index in [0.717, 1.165) is 18.7 Å². The number of piperidine rings is 1. The van der Waals surface area contributed by atoms with E-state index in [1.54, 1.807) is 6.07 Å². The Labute approximate surface area is 148 Å². The molecule has 1 aromatic carbocycles. The fourth-order valence-corrected chi connectivity index (χ4v) is 3.50. The molecule has 0 aliphatic carbocycles. The third-order valence-electron chi connectivity index (χ3n) is 4.81. The molecular formula is C17H19F2N5O2. The molecule has 3 heterocycles. The van der Waals surface area contributed by atoms with Crippen molar-refractivity contribution < 1.29 is 18.3 Å². The molecule has 0 radical (unpaired) electrons. The SMILES string of the molecule is O=C(NC1COc2ccccc21)c1nnn(C2CCNCC2)c1C(F)F. The van der Waals surface area contributed by atoms with Crippen molar-refractivity contribution in [2.75, 3.05) is 19.7 Å². The van der Waals surface area contributed by atoms with E-state index < -0.39 is 24.1 Å². The quantitative estimate of drug-likeness (QED) is 0.869. The van der Waals surface area contributed by atoms with Crippen LogP contribution in [-0.4, -0.2) is 40.6 Å². The van der Waals surface area contributed by atoms with Gasteiger partial charge < -0.3 is 15.4 Å². The lowest BCUT2D eigenvalue weighted by Gasteiger charge is -2.24. The molecule has 0 bridgehead atoms. The second-order valence-electron chi connectivity index (χ2n) is 6.42. The molecule has 2 aromatic rings. The molecule has 1 atom stereocenters. The molecule has 7 nitrogen and oxygen atoms in total. The molecule has 2 N–H and O–H groups in total. The molecule has 2 aliphatic heterocycles. The van der Waals surface area contributed by atoms with Gasteiger partial charge in [-0.15, -0.1) is 5.10 Å². The Kier molecular flexibility index (Phi) is 4.54. The zero-order valence-corrected chi connectivity index (χ0v) is 14.0. The van der Waals surface area contributed by atoms with Crippen LogP contribution in [0.2, 0.25) is 0 Å². The summed E-state index contributed by atoms with van der Waals surface area (Å²) in [6, 6.07) is 6.75. The number of fused-ring (bicyclic) bond motifs is 1. The fraction of sp³-hybridized carbons (Fsp3) is 0.471. The number of ether oxygens (including phenoxy) is 1. The average molecular weight is 363 g/mol. The van der Waals surface area contributed by atoms with Gasteiger partial charge in [0.1, 0.15) is 18.1 Å². The van der Waals surface area contributed by atoms with Crippen molar-refractivity contribution in [3.63, 3.8) is 0 Å². The van der Waals surface area contributed by atoms with Gasteiger partial charge in [-0.2, -0.15) is 0 Å². The van der Waals surface area contributed by atoms with Crippen LogP contribution in [0.5, 0.6) is 5.75 Å². The summed E-state index contributed by atoms with van der Waals surface area (Å²) in [5, 5.41) is 13.6. The van der Waals surface area contributed by atoms with Gasteiger partial charge in [-0.1, -0.05) is 23.4 Å². The Morgan fingerprint density at radius 1 is 1.31 bits per heavy atom. The third kappa shape index (κ3) is 3.03. The van der Waals surface area contributed by atoms with Crippen molar-refractivity contribution in [2.45, 2.75) is 31.4 Å². The average Bonchev–Trinajstić information content (AvgIpc) is 3.27. The van der Waals surface area contributed by atoms with Gasteiger partial charge in [0.05, 0.1) is 12.1 Å². The fourth-order valence-electron chi connectivity index (χ4n) is 3.50. The summed E-state index contributed by atoms with van der Waals surface area (Å²) >= 11 is 0. The second kappa shape index (κ2) is 6.99. The first-order valence-electron chi connectivity index (χ1n) is 8.61. The highest BCUT2D eigenvalue weighted by molar-refractivity contribution is 5.93. The molecule has 1 fully saturated rings. The van der Waals surface area contributed by atoms with Crippen LogP contribution in [-0.2, 0) is 0 Å². The van der Waals surface area contributed by atoms with Gasteiger partial charge in [0.2, 0.25) is 0 Å². The number of carbonyl (C=O) groups is 1. The lowest BCUT2D eigenvalue weighted by molar-refractivity contribution is 0.0906. The van der Waals surface area contributed by atoms with Gasteiger partial charge in [0.15, 0.2) is 5.69 Å². The van der Waals surface area contributed by atoms with Crippen molar-refractivity contribution in [3.8, 4) is 5.75 Å². The van der Waals surface area contributed by atoms with E-state index in [9.17, 15) is 13.6 Å². The maximum atomic E-state index is 13.7. The van der Waals surface area contributed by atoms with Gasteiger partial charge in [-0.3, -0.25) is 4.79 Å². The largest absolute Gasteiger partial charge is 0.491 e. The molecular weight excluding hydrogens is 344 g/mol. The summed E-state index contributed by atoms with van der Waals surface area (Å²) in [5.74, 6) is 0.0241. The van der Waals surface area contributed by atoms with Gasteiger partial charge in [0.25, 0.3) is 12.3 Å². The Hall–Kier alpha value is -2.55. The second-order valence-corrected chi connectivity index (χ2v) is 6.42. The molecule has 1 unspecified atom stereocenters. The van der Waals surface area contributed by atoms with Gasteiger partial charge in [-0.05, 0) is 32.0 Å². The standard InChI is InChI=1S/C17H19F2N5O2/c18-16(19)15-14(22-23-24(15)10-5-7-20-8-6-10)17(25)21-12-9-26-13-4-2-1-3-11(12)13/h1-4,10,12,16,20H,5-9H2,(H,21,25). The van der Waals surface area contributed by atoms with Crippen molar-refractivity contribution in [1.29, 1.82) is 0 Å². The first kappa shape index (κ1) is 16.9. The van der Waals surface area contributed by atoms with Crippen molar-refractivity contribution in [1.82, 2.24) is 25.6 Å². The number of nitrogens with one attached hydrogen (secondary N) is 2. The van der Waals surface area contributed by atoms with E-state index in [1.165, 1.54) is 4.68 Å². The normalized spacial score (nSPS) is 20.0. The highest BCUT2D eigenvalue weighted by atomic mass is 19.3. The van der Waals surface area contributed by atoms with Gasteiger partial charge in [-0.25, -0.2) is 13.5 Å². The van der Waals surface area contributed by atoms with Crippen LogP contribution < -0.4 is 15.4 Å². The Balaban J connectivity index is 1.57. The number of hydrogen-bond acceptors (Lipinski definition) is 5. The van der Waals surface area contributed by atoms with E-state index in [0.29, 0.717) is 18.6 Å². The van der Waals surface area contributed by atoms with E-state index in [1.807, 2.05) is 18.2 Å². The highest BCUT2D eigenvalue weighted by Gasteiger charge is 2.33. The topological polar surface area (TPSA) is 81.1 Å². The molecule has 1 saturated heterocycles. The number of benzene rings is 1. The minimum atomic E-state index is -2.83. The predicted molar refractivity (Wildman–Crippen MR) is 88.3 cm³/mol. The zero-order chi connectivity index (χ0) is 18.1. The molecule has 4 rings (SSSR count). The Bertz CT molecular complexity index is 804. The van der Waals surface area contributed by atoms with Gasteiger partial charge >= 0.3 is 0 Å². The summed E-state index contributed by atoms with van der Waals surface area (Å²) < 4.78 is 34.1. The summed E-state index contributed by atoms with van der Waals surface area (Å²) in [6.45, 7) is 1.72. The number of amides is 1. The van der Waals surface area contributed by atoms with Crippen LogP contribution >= 0.6 is 0 Å². The number of rotatable bonds is 4. The monoisotopic (exact) mass is 363 g/mol. The summed E-state index contributed by atoms with van der Waals surface area (Å²) in [5.41, 5.74) is 0.0923. The molecule has 1 amide bonds. The first-order chi connectivity index (χ1) is 12.6. The smallest absolute Gasteiger partial charge is 0.282 e. The number of alkyl halides is 2. The maximum absolute atomic E-state index is 13.7. The minimum absolute atomic E-state index is 0.176. The maximum Gasteiger partial charge on any atom is 0.282 e. The van der Waals surface area contributed by atoms with E-state index in [2.05, 4.69) is 20.9 Å². The number of carbonyl (C=O) groups excluding carboxylic acids is 1. The Morgan fingerprint density at radius 2 is 2.08 bits per heavy atom. The van der Waals surface area contributed by atoms with E-state index in [4.69, 9.17) is 4.74 Å². The summed E-state index contributed by atoms with van der Waals surface area (Å²) in [7, 11) is 0. The lowest BCUT2D eigenvalue weighted by Crippen LogP contribution is -2.32. The van der Waals surface area contributed by atoms with Crippen LogP contribution in [0.3, 0.4) is 0 Å². The third-order valence-corrected chi connectivity index (χ3v) is 4.81. The van der Waals surface area contributed by atoms with Crippen LogP contribution in [0.25, 0.3) is 0 Å². The minimum Gasteiger partial charge on any atom is -0.491 e. The molecule has 26 heavy (non-hydrogen) atoms. The number of para-hydroxylation sites is 1. The van der Waals surface area contributed by atoms with Crippen molar-refractivity contribution in [2.24, 2.45) is 0 Å². The molecule has 138 valence electrons. The molecule has 0 spiro atoms. The van der Waals surface area contributed by atoms with Crippen LogP contribution in [0.15, 0.2) is 24.3 Å². The molecule has 9 heteroatoms.